The molecular weight excluding hydrogens is 528 g/mol. The molecule has 0 saturated carbocycles. The second-order valence-corrected chi connectivity index (χ2v) is 11.1. The smallest absolute Gasteiger partial charge is 0.254 e. The Bertz CT molecular complexity index is 1270. The molecule has 194 valence electrons. The van der Waals surface area contributed by atoms with Gasteiger partial charge in [0.05, 0.1) is 17.8 Å². The van der Waals surface area contributed by atoms with E-state index in [1.165, 1.54) is 5.57 Å². The lowest BCUT2D eigenvalue weighted by Gasteiger charge is -2.48. The summed E-state index contributed by atoms with van der Waals surface area (Å²) in [4.78, 5) is 28.1. The second kappa shape index (κ2) is 11.3. The maximum Gasteiger partial charge on any atom is 0.254 e. The van der Waals surface area contributed by atoms with Gasteiger partial charge in [-0.3, -0.25) is 25.0 Å². The summed E-state index contributed by atoms with van der Waals surface area (Å²) in [6.07, 6.45) is 5.76. The highest BCUT2D eigenvalue weighted by Gasteiger charge is 2.38. The van der Waals surface area contributed by atoms with Gasteiger partial charge < -0.3 is 4.90 Å². The maximum atomic E-state index is 13.4. The quantitative estimate of drug-likeness (QED) is 0.371. The molecule has 7 heteroatoms. The van der Waals surface area contributed by atoms with Gasteiger partial charge in [-0.2, -0.15) is 0 Å². The predicted octanol–water partition coefficient (Wildman–Crippen LogP) is 6.04. The number of likely N-dealkylation sites (tertiary alicyclic amines) is 2. The van der Waals surface area contributed by atoms with Gasteiger partial charge in [-0.1, -0.05) is 40.2 Å². The van der Waals surface area contributed by atoms with Crippen molar-refractivity contribution in [3.05, 3.63) is 82.0 Å². The van der Waals surface area contributed by atoms with Crippen molar-refractivity contribution in [3.63, 3.8) is 0 Å². The Hall–Kier alpha value is -2.74. The predicted molar refractivity (Wildman–Crippen MR) is 152 cm³/mol. The first-order valence-corrected chi connectivity index (χ1v) is 14.0. The zero-order valence-corrected chi connectivity index (χ0v) is 23.3. The standard InChI is InChI=1S/C30H35BrN4O2/c1-3-37-33-28(22-9-11-24(31)12-10-22)23-13-18-35(19-14-23)30(2)15-20-34(21-16-30)29(36)26-6-4-8-27-25(26)7-5-17-32-27/h4-12,17,33H,3,13-16,18-21H2,1-2H3. The van der Waals surface area contributed by atoms with E-state index in [4.69, 9.17) is 4.84 Å². The monoisotopic (exact) mass is 562 g/mol. The fourth-order valence-corrected chi connectivity index (χ4v) is 5.89. The molecule has 1 amide bonds. The van der Waals surface area contributed by atoms with Crippen molar-refractivity contribution in [2.75, 3.05) is 32.8 Å². The molecule has 2 saturated heterocycles. The van der Waals surface area contributed by atoms with Gasteiger partial charge in [0, 0.05) is 53.3 Å². The van der Waals surface area contributed by atoms with E-state index >= 15 is 0 Å². The summed E-state index contributed by atoms with van der Waals surface area (Å²) in [5.74, 6) is 0.116. The van der Waals surface area contributed by atoms with Gasteiger partial charge in [0.1, 0.15) is 0 Å². The number of hydrogen-bond acceptors (Lipinski definition) is 5. The van der Waals surface area contributed by atoms with E-state index in [0.717, 1.165) is 84.1 Å². The normalized spacial score (nSPS) is 18.1. The highest BCUT2D eigenvalue weighted by Crippen LogP contribution is 2.35. The Morgan fingerprint density at radius 1 is 1.03 bits per heavy atom. The molecule has 0 spiro atoms. The average Bonchev–Trinajstić information content (AvgIpc) is 2.94. The van der Waals surface area contributed by atoms with Crippen molar-refractivity contribution in [1.82, 2.24) is 20.3 Å². The van der Waals surface area contributed by atoms with Crippen molar-refractivity contribution in [3.8, 4) is 0 Å². The van der Waals surface area contributed by atoms with E-state index in [2.05, 4.69) is 62.5 Å². The van der Waals surface area contributed by atoms with Gasteiger partial charge >= 0.3 is 0 Å². The van der Waals surface area contributed by atoms with Crippen LogP contribution in [0.4, 0.5) is 0 Å². The number of fused-ring (bicyclic) bond motifs is 1. The van der Waals surface area contributed by atoms with E-state index in [-0.39, 0.29) is 11.4 Å². The highest BCUT2D eigenvalue weighted by molar-refractivity contribution is 9.10. The lowest BCUT2D eigenvalue weighted by Crippen LogP contribution is -2.56. The molecule has 2 aliphatic heterocycles. The number of pyridine rings is 1. The summed E-state index contributed by atoms with van der Waals surface area (Å²) in [7, 11) is 0. The van der Waals surface area contributed by atoms with Crippen LogP contribution in [-0.4, -0.2) is 59.0 Å². The molecule has 0 bridgehead atoms. The van der Waals surface area contributed by atoms with E-state index in [9.17, 15) is 4.79 Å². The summed E-state index contributed by atoms with van der Waals surface area (Å²) in [6.45, 7) is 8.57. The first-order chi connectivity index (χ1) is 18.0. The van der Waals surface area contributed by atoms with Gasteiger partial charge in [0.15, 0.2) is 0 Å². The first-order valence-electron chi connectivity index (χ1n) is 13.2. The van der Waals surface area contributed by atoms with Crippen LogP contribution in [0.25, 0.3) is 16.6 Å². The summed E-state index contributed by atoms with van der Waals surface area (Å²) < 4.78 is 1.07. The molecule has 5 rings (SSSR count). The Morgan fingerprint density at radius 2 is 1.76 bits per heavy atom. The van der Waals surface area contributed by atoms with Crippen molar-refractivity contribution >= 4 is 38.4 Å². The van der Waals surface area contributed by atoms with Crippen LogP contribution in [-0.2, 0) is 4.84 Å². The van der Waals surface area contributed by atoms with Crippen LogP contribution >= 0.6 is 15.9 Å². The molecule has 6 nitrogen and oxygen atoms in total. The molecule has 3 heterocycles. The number of nitrogens with zero attached hydrogens (tertiary/aromatic N) is 3. The lowest BCUT2D eigenvalue weighted by molar-refractivity contribution is 0.0257. The fourth-order valence-electron chi connectivity index (χ4n) is 5.63. The fraction of sp³-hybridized carbons (Fsp3) is 0.400. The van der Waals surface area contributed by atoms with Crippen LogP contribution in [0.3, 0.4) is 0 Å². The molecule has 1 N–H and O–H groups in total. The van der Waals surface area contributed by atoms with Crippen LogP contribution < -0.4 is 5.48 Å². The average molecular weight is 564 g/mol. The van der Waals surface area contributed by atoms with E-state index < -0.39 is 0 Å². The largest absolute Gasteiger partial charge is 0.338 e. The number of amides is 1. The first kappa shape index (κ1) is 25.9. The zero-order valence-electron chi connectivity index (χ0n) is 21.7. The maximum absolute atomic E-state index is 13.4. The topological polar surface area (TPSA) is 57.7 Å². The summed E-state index contributed by atoms with van der Waals surface area (Å²) in [5.41, 5.74) is 8.62. The molecular formula is C30H35BrN4O2. The van der Waals surface area contributed by atoms with E-state index in [1.54, 1.807) is 6.20 Å². The second-order valence-electron chi connectivity index (χ2n) is 10.2. The number of halogens is 1. The third-order valence-corrected chi connectivity index (χ3v) is 8.47. The van der Waals surface area contributed by atoms with Gasteiger partial charge in [0.25, 0.3) is 5.91 Å². The Balaban J connectivity index is 1.24. The third kappa shape index (κ3) is 5.59. The number of rotatable bonds is 6. The molecule has 0 aliphatic carbocycles. The van der Waals surface area contributed by atoms with Crippen LogP contribution in [0.2, 0.25) is 0 Å². The van der Waals surface area contributed by atoms with Crippen LogP contribution in [0, 0.1) is 0 Å². The van der Waals surface area contributed by atoms with Crippen molar-refractivity contribution < 1.29 is 9.63 Å². The van der Waals surface area contributed by atoms with Crippen LogP contribution in [0.15, 0.2) is 70.8 Å². The molecule has 2 aliphatic rings. The molecule has 2 aromatic carbocycles. The SMILES string of the molecule is CCONC(=C1CCN(C2(C)CCN(C(=O)c3cccc4ncccc34)CC2)CC1)c1ccc(Br)cc1. The van der Waals surface area contributed by atoms with Crippen LogP contribution in [0.1, 0.15) is 55.5 Å². The van der Waals surface area contributed by atoms with Gasteiger partial charge in [-0.05, 0) is 81.0 Å². The number of carbonyl (C=O) groups is 1. The van der Waals surface area contributed by atoms with Gasteiger partial charge in [-0.15, -0.1) is 0 Å². The summed E-state index contributed by atoms with van der Waals surface area (Å²) in [5, 5.41) is 0.931. The highest BCUT2D eigenvalue weighted by atomic mass is 79.9. The molecule has 2 fully saturated rings. The zero-order chi connectivity index (χ0) is 25.8. The third-order valence-electron chi connectivity index (χ3n) is 7.94. The minimum absolute atomic E-state index is 0.105. The number of carbonyl (C=O) groups excluding carboxylic acids is 1. The lowest BCUT2D eigenvalue weighted by atomic mass is 9.84. The van der Waals surface area contributed by atoms with Crippen LogP contribution in [0.5, 0.6) is 0 Å². The summed E-state index contributed by atoms with van der Waals surface area (Å²) >= 11 is 3.54. The van der Waals surface area contributed by atoms with Crippen molar-refractivity contribution in [2.24, 2.45) is 0 Å². The van der Waals surface area contributed by atoms with E-state index in [1.807, 2.05) is 42.2 Å². The Labute approximate surface area is 227 Å². The van der Waals surface area contributed by atoms with E-state index in [0.29, 0.717) is 6.61 Å². The number of piperidine rings is 2. The Morgan fingerprint density at radius 3 is 2.46 bits per heavy atom. The summed E-state index contributed by atoms with van der Waals surface area (Å²) in [6, 6.07) is 18.1. The molecule has 0 radical (unpaired) electrons. The van der Waals surface area contributed by atoms with Crippen molar-refractivity contribution in [1.29, 1.82) is 0 Å². The molecule has 0 unspecified atom stereocenters. The minimum atomic E-state index is 0.105. The Kier molecular flexibility index (Phi) is 7.93. The van der Waals surface area contributed by atoms with Crippen molar-refractivity contribution in [2.45, 2.75) is 45.1 Å². The number of nitrogens with one attached hydrogen (secondary N) is 1. The molecule has 1 aromatic heterocycles. The molecule has 3 aromatic rings. The molecule has 0 atom stereocenters. The number of hydrogen-bond donors (Lipinski definition) is 1. The van der Waals surface area contributed by atoms with Gasteiger partial charge in [-0.25, -0.2) is 0 Å². The number of hydroxylamine groups is 1. The van der Waals surface area contributed by atoms with Gasteiger partial charge in [0.2, 0.25) is 0 Å². The molecule has 37 heavy (non-hydrogen) atoms. The minimum Gasteiger partial charge on any atom is -0.338 e. The number of aromatic nitrogens is 1. The number of benzene rings is 2.